The van der Waals surface area contributed by atoms with E-state index in [-0.39, 0.29) is 18.3 Å². The van der Waals surface area contributed by atoms with Gasteiger partial charge in [-0.1, -0.05) is 13.0 Å². The second-order valence-electron chi connectivity index (χ2n) is 7.78. The van der Waals surface area contributed by atoms with Crippen LogP contribution in [0.5, 0.6) is 0 Å². The minimum Gasteiger partial charge on any atom is -0.404 e. The topological polar surface area (TPSA) is 106 Å². The molecular weight excluding hydrogens is 407 g/mol. The Labute approximate surface area is 184 Å². The molecule has 4 aromatic rings. The van der Waals surface area contributed by atoms with E-state index in [1.165, 1.54) is 6.20 Å². The second-order valence-corrected chi connectivity index (χ2v) is 7.78. The van der Waals surface area contributed by atoms with E-state index in [1.807, 2.05) is 25.1 Å². The van der Waals surface area contributed by atoms with E-state index in [1.54, 1.807) is 29.1 Å². The van der Waals surface area contributed by atoms with E-state index in [0.717, 1.165) is 25.2 Å². The van der Waals surface area contributed by atoms with Gasteiger partial charge in [-0.25, -0.2) is 4.39 Å². The summed E-state index contributed by atoms with van der Waals surface area (Å²) < 4.78 is 17.2. The van der Waals surface area contributed by atoms with Crippen LogP contribution in [0.1, 0.15) is 29.6 Å². The Balaban J connectivity index is 1.49. The zero-order valence-corrected chi connectivity index (χ0v) is 17.7. The summed E-state index contributed by atoms with van der Waals surface area (Å²) in [6.45, 7) is 3.74. The first kappa shape index (κ1) is 20.2. The number of nitrogens with one attached hydrogen (secondary N) is 1. The van der Waals surface area contributed by atoms with Gasteiger partial charge in [-0.2, -0.15) is 9.61 Å². The number of rotatable bonds is 6. The monoisotopic (exact) mass is 430 g/mol. The summed E-state index contributed by atoms with van der Waals surface area (Å²) in [5, 5.41) is 16.5. The highest BCUT2D eigenvalue weighted by molar-refractivity contribution is 6.10. The fourth-order valence-corrected chi connectivity index (χ4v) is 3.62. The molecule has 9 heteroatoms. The lowest BCUT2D eigenvalue weighted by Crippen LogP contribution is -2.45. The molecule has 0 bridgehead atoms. The van der Waals surface area contributed by atoms with Gasteiger partial charge in [-0.3, -0.25) is 9.98 Å². The number of aliphatic imine (C=N–C) groups is 1. The van der Waals surface area contributed by atoms with Crippen molar-refractivity contribution in [2.24, 2.45) is 10.7 Å². The molecule has 3 N–H and O–H groups in total. The fraction of sp³-hybridized carbons (Fsp3) is 0.261. The molecule has 1 fully saturated rings. The molecule has 4 heterocycles. The third kappa shape index (κ3) is 3.71. The van der Waals surface area contributed by atoms with Crippen molar-refractivity contribution in [2.75, 3.05) is 13.1 Å². The van der Waals surface area contributed by atoms with Gasteiger partial charge in [0, 0.05) is 54.6 Å². The van der Waals surface area contributed by atoms with Crippen molar-refractivity contribution in [3.8, 4) is 0 Å². The molecule has 32 heavy (non-hydrogen) atoms. The van der Waals surface area contributed by atoms with Gasteiger partial charge in [0.05, 0.1) is 17.3 Å². The highest BCUT2D eigenvalue weighted by atomic mass is 19.1. The minimum atomic E-state index is -0.336. The van der Waals surface area contributed by atoms with Crippen LogP contribution in [-0.2, 0) is 12.8 Å². The molecular formula is C23H23FN8. The van der Waals surface area contributed by atoms with Crippen LogP contribution in [0.2, 0.25) is 0 Å². The molecule has 0 spiro atoms. The molecule has 1 aliphatic heterocycles. The fourth-order valence-electron chi connectivity index (χ4n) is 3.62. The van der Waals surface area contributed by atoms with Gasteiger partial charge < -0.3 is 11.1 Å². The third-order valence-electron chi connectivity index (χ3n) is 5.67. The highest BCUT2D eigenvalue weighted by Crippen LogP contribution is 2.25. The van der Waals surface area contributed by atoms with Crippen LogP contribution in [0, 0.1) is 5.82 Å². The normalized spacial score (nSPS) is 15.1. The Morgan fingerprint density at radius 2 is 2.16 bits per heavy atom. The number of halogens is 1. The molecule has 0 aliphatic carbocycles. The maximum Gasteiger partial charge on any atom is 0.177 e. The summed E-state index contributed by atoms with van der Waals surface area (Å²) in [7, 11) is 0. The smallest absolute Gasteiger partial charge is 0.177 e. The molecule has 5 rings (SSSR count). The molecule has 1 aliphatic rings. The lowest BCUT2D eigenvalue weighted by atomic mass is 10.0. The molecule has 1 saturated heterocycles. The first-order chi connectivity index (χ1) is 15.7. The first-order valence-corrected chi connectivity index (χ1v) is 10.6. The number of aryl methyl sites for hydroxylation is 1. The number of pyridine rings is 1. The van der Waals surface area contributed by atoms with Crippen LogP contribution in [0.15, 0.2) is 47.7 Å². The Hall–Kier alpha value is -3.72. The standard InChI is InChI=1S/C23H23FN8/c1-2-17-4-6-21-29-30-22(32(21)31-17)8-14-3-5-20-19(23(14)24)7-15(10-28-20)16(9-25)11-27-18-12-26-13-18/h3-7,9-11,18,26H,2,8,12-13,25H2,1H3. The van der Waals surface area contributed by atoms with Crippen LogP contribution in [-0.4, -0.2) is 50.1 Å². The average molecular weight is 430 g/mol. The largest absolute Gasteiger partial charge is 0.404 e. The van der Waals surface area contributed by atoms with Crippen LogP contribution in [0.25, 0.3) is 22.1 Å². The van der Waals surface area contributed by atoms with E-state index in [0.29, 0.717) is 39.1 Å². The molecule has 0 radical (unpaired) electrons. The first-order valence-electron chi connectivity index (χ1n) is 10.6. The van der Waals surface area contributed by atoms with Gasteiger partial charge in [0.1, 0.15) is 5.82 Å². The van der Waals surface area contributed by atoms with Crippen LogP contribution in [0.4, 0.5) is 4.39 Å². The van der Waals surface area contributed by atoms with Gasteiger partial charge in [0.2, 0.25) is 0 Å². The summed E-state index contributed by atoms with van der Waals surface area (Å²) in [6.07, 6.45) is 5.95. The van der Waals surface area contributed by atoms with Crippen molar-refractivity contribution in [2.45, 2.75) is 25.8 Å². The van der Waals surface area contributed by atoms with Gasteiger partial charge >= 0.3 is 0 Å². The minimum absolute atomic E-state index is 0.251. The molecule has 1 aromatic carbocycles. The second kappa shape index (κ2) is 8.43. The zero-order valence-electron chi connectivity index (χ0n) is 17.7. The number of benzene rings is 1. The Morgan fingerprint density at radius 3 is 2.91 bits per heavy atom. The van der Waals surface area contributed by atoms with Gasteiger partial charge in [0.15, 0.2) is 11.5 Å². The predicted molar refractivity (Wildman–Crippen MR) is 122 cm³/mol. The molecule has 0 amide bonds. The number of hydrogen-bond acceptors (Lipinski definition) is 7. The molecule has 8 nitrogen and oxygen atoms in total. The van der Waals surface area contributed by atoms with Crippen molar-refractivity contribution in [3.05, 3.63) is 71.2 Å². The quantitative estimate of drug-likeness (QED) is 0.455. The summed E-state index contributed by atoms with van der Waals surface area (Å²) >= 11 is 0. The number of nitrogens with two attached hydrogens (primary N) is 1. The van der Waals surface area contributed by atoms with Crippen molar-refractivity contribution in [3.63, 3.8) is 0 Å². The molecule has 162 valence electrons. The van der Waals surface area contributed by atoms with Crippen LogP contribution in [0.3, 0.4) is 0 Å². The Bertz CT molecular complexity index is 1350. The Kier molecular flexibility index (Phi) is 5.32. The highest BCUT2D eigenvalue weighted by Gasteiger charge is 2.16. The van der Waals surface area contributed by atoms with E-state index in [4.69, 9.17) is 5.73 Å². The lowest BCUT2D eigenvalue weighted by Gasteiger charge is -2.22. The van der Waals surface area contributed by atoms with Gasteiger partial charge in [0.25, 0.3) is 0 Å². The van der Waals surface area contributed by atoms with Crippen molar-refractivity contribution >= 4 is 28.3 Å². The van der Waals surface area contributed by atoms with E-state index in [2.05, 4.69) is 30.6 Å². The average Bonchev–Trinajstić information content (AvgIpc) is 3.19. The van der Waals surface area contributed by atoms with Gasteiger partial charge in [-0.15, -0.1) is 10.2 Å². The van der Waals surface area contributed by atoms with E-state index in [9.17, 15) is 0 Å². The molecule has 3 aromatic heterocycles. The maximum atomic E-state index is 15.5. The van der Waals surface area contributed by atoms with E-state index < -0.39 is 0 Å². The number of allylic oxidation sites excluding steroid dienone is 1. The Morgan fingerprint density at radius 1 is 1.28 bits per heavy atom. The van der Waals surface area contributed by atoms with Gasteiger partial charge in [-0.05, 0) is 36.2 Å². The SMILES string of the molecule is CCc1ccc2nnc(Cc3ccc4ncc(C(C=NC5CNC5)=CN)cc4c3F)n2n1. The molecule has 0 saturated carbocycles. The van der Waals surface area contributed by atoms with Crippen molar-refractivity contribution < 1.29 is 4.39 Å². The number of fused-ring (bicyclic) bond motifs is 2. The van der Waals surface area contributed by atoms with Crippen LogP contribution < -0.4 is 11.1 Å². The number of nitrogens with zero attached hydrogens (tertiary/aromatic N) is 6. The summed E-state index contributed by atoms with van der Waals surface area (Å²) in [5.74, 6) is 0.248. The van der Waals surface area contributed by atoms with Crippen molar-refractivity contribution in [1.82, 2.24) is 30.1 Å². The summed E-state index contributed by atoms with van der Waals surface area (Å²) in [5.41, 5.74) is 9.87. The summed E-state index contributed by atoms with van der Waals surface area (Å²) in [4.78, 5) is 8.93. The third-order valence-corrected chi connectivity index (χ3v) is 5.67. The zero-order chi connectivity index (χ0) is 22.1. The molecule has 0 atom stereocenters. The predicted octanol–water partition coefficient (Wildman–Crippen LogP) is 2.31. The van der Waals surface area contributed by atoms with E-state index >= 15 is 4.39 Å². The van der Waals surface area contributed by atoms with Crippen molar-refractivity contribution in [1.29, 1.82) is 0 Å². The summed E-state index contributed by atoms with van der Waals surface area (Å²) in [6, 6.07) is 9.36. The number of aromatic nitrogens is 5. The maximum absolute atomic E-state index is 15.5. The van der Waals surface area contributed by atoms with Crippen LogP contribution >= 0.6 is 0 Å². The lowest BCUT2D eigenvalue weighted by molar-refractivity contribution is 0.449. The molecule has 0 unspecified atom stereocenters. The number of hydrogen-bond donors (Lipinski definition) is 2.